The van der Waals surface area contributed by atoms with Crippen molar-refractivity contribution >= 4 is 5.78 Å². The molecule has 0 fully saturated rings. The number of carbonyl (C=O) groups is 1. The molecular weight excluding hydrogens is 911 g/mol. The molecular formula is C39H22F10IrN2O2-2. The zero-order valence-electron chi connectivity index (χ0n) is 27.5. The molecule has 0 bridgehead atoms. The molecule has 4 nitrogen and oxygen atoms in total. The standard InChI is InChI=1S/2C17H7F5N.C5H8O2.Ir/c2*18-13-12(14(19)16(21)17(22)15(13)20)10-6-4-9(5-7-10)11-3-1-2-8-23-11;1-4(6)3-5(2)7;/h2*1-4,6-8H;3,6H,1-2H3;/q2*-1;;/b;;4-3-;. The van der Waals surface area contributed by atoms with Gasteiger partial charge in [0.05, 0.1) is 5.76 Å². The van der Waals surface area contributed by atoms with Crippen LogP contribution in [0.3, 0.4) is 0 Å². The molecule has 2 heterocycles. The van der Waals surface area contributed by atoms with Crippen molar-refractivity contribution in [2.24, 2.45) is 0 Å². The number of carbonyl (C=O) groups excluding carboxylic acids is 1. The minimum Gasteiger partial charge on any atom is -0.512 e. The van der Waals surface area contributed by atoms with E-state index in [0.717, 1.165) is 12.1 Å². The van der Waals surface area contributed by atoms with Gasteiger partial charge in [0.15, 0.2) is 64.0 Å². The molecule has 6 rings (SSSR count). The molecule has 1 radical (unpaired) electrons. The average Bonchev–Trinajstić information content (AvgIpc) is 3.16. The third kappa shape index (κ3) is 9.85. The first-order chi connectivity index (χ1) is 25.1. The van der Waals surface area contributed by atoms with Gasteiger partial charge in [-0.1, -0.05) is 35.4 Å². The number of ketones is 1. The Kier molecular flexibility index (Phi) is 15.0. The van der Waals surface area contributed by atoms with Crippen LogP contribution in [0.4, 0.5) is 43.9 Å². The van der Waals surface area contributed by atoms with Gasteiger partial charge in [-0.3, -0.25) is 4.79 Å². The number of halogens is 10. The quantitative estimate of drug-likeness (QED) is 0.0467. The van der Waals surface area contributed by atoms with E-state index in [0.29, 0.717) is 22.5 Å². The summed E-state index contributed by atoms with van der Waals surface area (Å²) in [5, 5.41) is 8.36. The second-order valence-electron chi connectivity index (χ2n) is 10.7. The summed E-state index contributed by atoms with van der Waals surface area (Å²) < 4.78 is 134. The molecule has 54 heavy (non-hydrogen) atoms. The number of hydrogen-bond acceptors (Lipinski definition) is 4. The summed E-state index contributed by atoms with van der Waals surface area (Å²) in [6.45, 7) is 2.85. The van der Waals surface area contributed by atoms with Gasteiger partial charge in [-0.05, 0) is 37.4 Å². The average molecular weight is 933 g/mol. The Bertz CT molecular complexity index is 2060. The Morgan fingerprint density at radius 3 is 1.09 bits per heavy atom. The van der Waals surface area contributed by atoms with Crippen molar-refractivity contribution in [1.82, 2.24) is 9.97 Å². The maximum absolute atomic E-state index is 13.8. The number of allylic oxidation sites excluding steroid dienone is 2. The van der Waals surface area contributed by atoms with Crippen molar-refractivity contribution in [1.29, 1.82) is 0 Å². The zero-order valence-corrected chi connectivity index (χ0v) is 29.9. The van der Waals surface area contributed by atoms with Crippen molar-refractivity contribution < 1.29 is 73.9 Å². The first-order valence-electron chi connectivity index (χ1n) is 14.9. The van der Waals surface area contributed by atoms with Crippen LogP contribution in [0, 0.1) is 70.3 Å². The van der Waals surface area contributed by atoms with E-state index in [4.69, 9.17) is 5.11 Å². The van der Waals surface area contributed by atoms with Crippen molar-refractivity contribution in [2.45, 2.75) is 13.8 Å². The molecule has 0 saturated heterocycles. The first kappa shape index (κ1) is 42.7. The monoisotopic (exact) mass is 933 g/mol. The van der Waals surface area contributed by atoms with Gasteiger partial charge in [0.1, 0.15) is 0 Å². The smallest absolute Gasteiger partial charge is 0.200 e. The van der Waals surface area contributed by atoms with Crippen LogP contribution < -0.4 is 0 Å². The van der Waals surface area contributed by atoms with Gasteiger partial charge in [-0.2, -0.15) is 0 Å². The molecule has 6 aromatic rings. The maximum atomic E-state index is 13.8. The van der Waals surface area contributed by atoms with E-state index in [1.807, 2.05) is 0 Å². The molecule has 4 aromatic carbocycles. The molecule has 281 valence electrons. The molecule has 1 N–H and O–H groups in total. The first-order valence-corrected chi connectivity index (χ1v) is 14.9. The SMILES string of the molecule is CC(=O)/C=C(/C)O.Fc1c(F)c(F)c(-c2c[c-]c(-c3ccccn3)cc2)c(F)c1F.Fc1c(F)c(F)c(-c2c[c-]c(-c3ccccn3)cc2)c(F)c1F.[Ir]. The van der Waals surface area contributed by atoms with Crippen molar-refractivity contribution in [3.8, 4) is 44.8 Å². The molecule has 0 unspecified atom stereocenters. The molecule has 0 aliphatic carbocycles. The molecule has 0 amide bonds. The summed E-state index contributed by atoms with van der Waals surface area (Å²) in [5.74, 6) is -19.8. The van der Waals surface area contributed by atoms with E-state index in [1.54, 1.807) is 48.8 Å². The van der Waals surface area contributed by atoms with Crippen LogP contribution in [0.2, 0.25) is 0 Å². The molecule has 0 aliphatic heterocycles. The Morgan fingerprint density at radius 1 is 0.537 bits per heavy atom. The largest absolute Gasteiger partial charge is 0.512 e. The number of nitrogens with zero attached hydrogens (tertiary/aromatic N) is 2. The van der Waals surface area contributed by atoms with Crippen LogP contribution in [0.15, 0.2) is 97.0 Å². The van der Waals surface area contributed by atoms with Gasteiger partial charge in [0.25, 0.3) is 0 Å². The predicted octanol–water partition coefficient (Wildman–Crippen LogP) is 10.9. The molecule has 2 aromatic heterocycles. The van der Waals surface area contributed by atoms with Crippen LogP contribution in [0.1, 0.15) is 13.8 Å². The predicted molar refractivity (Wildman–Crippen MR) is 175 cm³/mol. The minimum atomic E-state index is -2.18. The fourth-order valence-corrected chi connectivity index (χ4v) is 4.53. The zero-order chi connectivity index (χ0) is 39.0. The van der Waals surface area contributed by atoms with E-state index < -0.39 is 69.3 Å². The van der Waals surface area contributed by atoms with Crippen LogP contribution in [-0.2, 0) is 24.9 Å². The van der Waals surface area contributed by atoms with E-state index in [1.165, 1.54) is 44.2 Å². The van der Waals surface area contributed by atoms with E-state index in [-0.39, 0.29) is 42.8 Å². The van der Waals surface area contributed by atoms with Crippen molar-refractivity contribution in [3.63, 3.8) is 0 Å². The van der Waals surface area contributed by atoms with Gasteiger partial charge in [0.2, 0.25) is 0 Å². The fourth-order valence-electron chi connectivity index (χ4n) is 4.53. The van der Waals surface area contributed by atoms with Crippen LogP contribution in [0.5, 0.6) is 0 Å². The second kappa shape index (κ2) is 18.9. The Balaban J connectivity index is 0.000000244. The molecule has 0 atom stereocenters. The summed E-state index contributed by atoms with van der Waals surface area (Å²) in [4.78, 5) is 18.2. The number of rotatable bonds is 5. The minimum absolute atomic E-state index is 0. The second-order valence-corrected chi connectivity index (χ2v) is 10.7. The number of aliphatic hydroxyl groups is 1. The summed E-state index contributed by atoms with van der Waals surface area (Å²) in [5.41, 5.74) is -0.116. The summed E-state index contributed by atoms with van der Waals surface area (Å²) >= 11 is 0. The van der Waals surface area contributed by atoms with E-state index in [2.05, 4.69) is 22.1 Å². The number of hydrogen-bond donors (Lipinski definition) is 1. The Hall–Kier alpha value is -5.66. The van der Waals surface area contributed by atoms with E-state index in [9.17, 15) is 48.7 Å². The Labute approximate surface area is 314 Å². The van der Waals surface area contributed by atoms with Crippen molar-refractivity contribution in [2.75, 3.05) is 0 Å². The normalized spacial score (nSPS) is 10.7. The summed E-state index contributed by atoms with van der Waals surface area (Å²) in [6.07, 6.45) is 4.28. The van der Waals surface area contributed by atoms with Gasteiger partial charge in [-0.15, -0.1) is 59.7 Å². The van der Waals surface area contributed by atoms with Gasteiger partial charge >= 0.3 is 0 Å². The summed E-state index contributed by atoms with van der Waals surface area (Å²) in [7, 11) is 0. The third-order valence-corrected chi connectivity index (χ3v) is 6.92. The number of pyridine rings is 2. The number of aliphatic hydroxyl groups excluding tert-OH is 1. The molecule has 0 saturated carbocycles. The molecule has 0 spiro atoms. The topological polar surface area (TPSA) is 63.1 Å². The number of benzene rings is 4. The third-order valence-electron chi connectivity index (χ3n) is 6.92. The summed E-state index contributed by atoms with van der Waals surface area (Å²) in [6, 6.07) is 23.5. The molecule has 0 aliphatic rings. The van der Waals surface area contributed by atoms with Gasteiger partial charge < -0.3 is 15.1 Å². The van der Waals surface area contributed by atoms with Gasteiger partial charge in [-0.25, -0.2) is 43.9 Å². The van der Waals surface area contributed by atoms with Crippen LogP contribution >= 0.6 is 0 Å². The molecule has 15 heteroatoms. The van der Waals surface area contributed by atoms with Crippen molar-refractivity contribution in [3.05, 3.63) is 167 Å². The van der Waals surface area contributed by atoms with Gasteiger partial charge in [0, 0.05) is 49.7 Å². The van der Waals surface area contributed by atoms with E-state index >= 15 is 0 Å². The fraction of sp³-hybridized carbons (Fsp3) is 0.0513. The maximum Gasteiger partial charge on any atom is 0.200 e. The van der Waals surface area contributed by atoms with Crippen LogP contribution in [-0.4, -0.2) is 20.9 Å². The van der Waals surface area contributed by atoms with Crippen LogP contribution in [0.25, 0.3) is 44.8 Å². The number of aromatic nitrogens is 2. The Morgan fingerprint density at radius 2 is 0.870 bits per heavy atom.